The van der Waals surface area contributed by atoms with Gasteiger partial charge in [0.25, 0.3) is 0 Å². The molecule has 0 aromatic heterocycles. The first-order valence-corrected chi connectivity index (χ1v) is 8.33. The molecule has 1 aliphatic rings. The maximum Gasteiger partial charge on any atom is 0.142 e. The quantitative estimate of drug-likeness (QED) is 0.657. The van der Waals surface area contributed by atoms with Crippen LogP contribution in [0.3, 0.4) is 0 Å². The lowest BCUT2D eigenvalue weighted by atomic mass is 10.0. The van der Waals surface area contributed by atoms with Gasteiger partial charge in [0.05, 0.1) is 10.5 Å². The summed E-state index contributed by atoms with van der Waals surface area (Å²) >= 11 is 6.97. The number of hydrazine groups is 1. The van der Waals surface area contributed by atoms with Gasteiger partial charge < -0.3 is 0 Å². The summed E-state index contributed by atoms with van der Waals surface area (Å²) in [5, 5.41) is 0.322. The van der Waals surface area contributed by atoms with Crippen molar-refractivity contribution in [2.75, 3.05) is 17.3 Å². The van der Waals surface area contributed by atoms with Gasteiger partial charge in [-0.2, -0.15) is 23.5 Å². The Bertz CT molecular complexity index is 386. The van der Waals surface area contributed by atoms with E-state index in [0.29, 0.717) is 15.3 Å². The lowest BCUT2D eigenvalue weighted by Crippen LogP contribution is -2.38. The fraction of sp³-hybridized carbons (Fsp3) is 0.455. The van der Waals surface area contributed by atoms with Crippen LogP contribution in [0.15, 0.2) is 22.7 Å². The molecular formula is C11H14BrFN2S2. The second-order valence-electron chi connectivity index (χ2n) is 3.77. The third kappa shape index (κ3) is 3.17. The van der Waals surface area contributed by atoms with E-state index in [1.54, 1.807) is 12.1 Å². The number of hydrogen-bond donors (Lipinski definition) is 2. The van der Waals surface area contributed by atoms with Crippen molar-refractivity contribution in [3.05, 3.63) is 34.1 Å². The van der Waals surface area contributed by atoms with E-state index < -0.39 is 0 Å². The van der Waals surface area contributed by atoms with Crippen LogP contribution in [0.5, 0.6) is 0 Å². The third-order valence-electron chi connectivity index (χ3n) is 2.71. The highest BCUT2D eigenvalue weighted by Gasteiger charge is 2.27. The molecule has 1 saturated heterocycles. The molecule has 1 aliphatic heterocycles. The van der Waals surface area contributed by atoms with Gasteiger partial charge in [-0.1, -0.05) is 12.1 Å². The lowest BCUT2D eigenvalue weighted by Gasteiger charge is -2.29. The highest BCUT2D eigenvalue weighted by Crippen LogP contribution is 2.35. The molecule has 1 fully saturated rings. The zero-order valence-corrected chi connectivity index (χ0v) is 12.4. The van der Waals surface area contributed by atoms with Gasteiger partial charge in [-0.15, -0.1) is 0 Å². The van der Waals surface area contributed by atoms with E-state index in [-0.39, 0.29) is 11.9 Å². The molecule has 1 heterocycles. The van der Waals surface area contributed by atoms with Gasteiger partial charge >= 0.3 is 0 Å². The van der Waals surface area contributed by atoms with Crippen molar-refractivity contribution < 1.29 is 4.39 Å². The Morgan fingerprint density at radius 2 is 2.29 bits per heavy atom. The van der Waals surface area contributed by atoms with Crippen LogP contribution in [0.25, 0.3) is 0 Å². The Balaban J connectivity index is 2.24. The Morgan fingerprint density at radius 1 is 1.47 bits per heavy atom. The van der Waals surface area contributed by atoms with Crippen molar-refractivity contribution in [2.45, 2.75) is 11.3 Å². The number of halogens is 2. The van der Waals surface area contributed by atoms with E-state index in [4.69, 9.17) is 5.84 Å². The normalized spacial score (nSPS) is 22.4. The first-order valence-electron chi connectivity index (χ1n) is 5.33. The number of hydrogen-bond acceptors (Lipinski definition) is 4. The van der Waals surface area contributed by atoms with Gasteiger partial charge in [0.15, 0.2) is 0 Å². The van der Waals surface area contributed by atoms with Crippen LogP contribution in [0.1, 0.15) is 11.6 Å². The molecular weight excluding hydrogens is 323 g/mol. The summed E-state index contributed by atoms with van der Waals surface area (Å²) in [4.78, 5) is 0. The Hall–Kier alpha value is 0.250. The molecule has 0 saturated carbocycles. The number of nitrogens with two attached hydrogens (primary N) is 1. The van der Waals surface area contributed by atoms with Gasteiger partial charge in [-0.25, -0.2) is 4.39 Å². The van der Waals surface area contributed by atoms with Crippen molar-refractivity contribution >= 4 is 39.5 Å². The minimum Gasteiger partial charge on any atom is -0.271 e. The molecule has 2 nitrogen and oxygen atoms in total. The van der Waals surface area contributed by atoms with Crippen LogP contribution in [0.4, 0.5) is 4.39 Å². The van der Waals surface area contributed by atoms with Crippen LogP contribution in [0, 0.1) is 5.82 Å². The zero-order valence-electron chi connectivity index (χ0n) is 9.16. The molecule has 2 atom stereocenters. The molecule has 94 valence electrons. The minimum absolute atomic E-state index is 0.134. The van der Waals surface area contributed by atoms with Crippen molar-refractivity contribution in [2.24, 2.45) is 5.84 Å². The summed E-state index contributed by atoms with van der Waals surface area (Å²) in [7, 11) is 0. The second kappa shape index (κ2) is 6.43. The molecule has 1 aromatic carbocycles. The topological polar surface area (TPSA) is 38.0 Å². The molecule has 6 heteroatoms. The molecule has 0 aliphatic carbocycles. The summed E-state index contributed by atoms with van der Waals surface area (Å²) in [6.45, 7) is 0. The van der Waals surface area contributed by atoms with E-state index >= 15 is 0 Å². The van der Waals surface area contributed by atoms with Crippen LogP contribution in [0.2, 0.25) is 0 Å². The largest absolute Gasteiger partial charge is 0.271 e. The molecule has 0 bridgehead atoms. The number of nitrogens with one attached hydrogen (secondary N) is 1. The fourth-order valence-electron chi connectivity index (χ4n) is 1.86. The minimum atomic E-state index is -0.216. The molecule has 3 N–H and O–H groups in total. The monoisotopic (exact) mass is 336 g/mol. The van der Waals surface area contributed by atoms with Gasteiger partial charge in [0.2, 0.25) is 0 Å². The lowest BCUT2D eigenvalue weighted by molar-refractivity contribution is 0.509. The maximum atomic E-state index is 14.0. The predicted octanol–water partition coefficient (Wildman–Crippen LogP) is 2.94. The highest BCUT2D eigenvalue weighted by atomic mass is 79.9. The summed E-state index contributed by atoms with van der Waals surface area (Å²) in [6, 6.07) is 5.21. The van der Waals surface area contributed by atoms with Gasteiger partial charge in [0, 0.05) is 28.1 Å². The standard InChI is InChI=1S/C11H14BrFN2S2/c12-8-3-1-2-7(10(8)13)11(15-14)9-6-16-4-5-17-9/h1-3,9,11,15H,4-6,14H2. The predicted molar refractivity (Wildman–Crippen MR) is 77.7 cm³/mol. The van der Waals surface area contributed by atoms with Gasteiger partial charge in [0.1, 0.15) is 5.82 Å². The smallest absolute Gasteiger partial charge is 0.142 e. The van der Waals surface area contributed by atoms with E-state index in [1.807, 2.05) is 29.6 Å². The SMILES string of the molecule is NNC(c1cccc(Br)c1F)C1CSCCS1. The van der Waals surface area contributed by atoms with E-state index in [9.17, 15) is 4.39 Å². The van der Waals surface area contributed by atoms with E-state index in [1.165, 1.54) is 5.75 Å². The summed E-state index contributed by atoms with van der Waals surface area (Å²) < 4.78 is 14.5. The highest BCUT2D eigenvalue weighted by molar-refractivity contribution is 9.10. The number of benzene rings is 1. The molecule has 17 heavy (non-hydrogen) atoms. The summed E-state index contributed by atoms with van der Waals surface area (Å²) in [6.07, 6.45) is 0. The van der Waals surface area contributed by atoms with Crippen molar-refractivity contribution in [1.29, 1.82) is 0 Å². The van der Waals surface area contributed by atoms with Crippen molar-refractivity contribution in [3.63, 3.8) is 0 Å². The average molecular weight is 337 g/mol. The van der Waals surface area contributed by atoms with Crippen LogP contribution in [-0.2, 0) is 0 Å². The molecule has 0 spiro atoms. The summed E-state index contributed by atoms with van der Waals surface area (Å²) in [5.41, 5.74) is 3.40. The number of rotatable bonds is 3. The Morgan fingerprint density at radius 3 is 2.94 bits per heavy atom. The summed E-state index contributed by atoms with van der Waals surface area (Å²) in [5.74, 6) is 8.66. The van der Waals surface area contributed by atoms with E-state index in [0.717, 1.165) is 11.5 Å². The molecule has 0 amide bonds. The average Bonchev–Trinajstić information content (AvgIpc) is 2.37. The second-order valence-corrected chi connectivity index (χ2v) is 7.12. The van der Waals surface area contributed by atoms with Gasteiger partial charge in [-0.3, -0.25) is 11.3 Å². The van der Waals surface area contributed by atoms with E-state index in [2.05, 4.69) is 21.4 Å². The Labute approximate surface area is 117 Å². The van der Waals surface area contributed by atoms with Crippen LogP contribution in [-0.4, -0.2) is 22.5 Å². The first-order chi connectivity index (χ1) is 8.24. The third-order valence-corrected chi connectivity index (χ3v) is 6.19. The van der Waals surface area contributed by atoms with Crippen LogP contribution >= 0.6 is 39.5 Å². The molecule has 0 radical (unpaired) electrons. The van der Waals surface area contributed by atoms with Crippen molar-refractivity contribution in [3.8, 4) is 0 Å². The maximum absolute atomic E-state index is 14.0. The molecule has 2 rings (SSSR count). The number of thioether (sulfide) groups is 2. The van der Waals surface area contributed by atoms with Crippen molar-refractivity contribution in [1.82, 2.24) is 5.43 Å². The Kier molecular flexibility index (Phi) is 5.17. The van der Waals surface area contributed by atoms with Crippen LogP contribution < -0.4 is 11.3 Å². The van der Waals surface area contributed by atoms with Gasteiger partial charge in [-0.05, 0) is 22.0 Å². The first kappa shape index (κ1) is 13.7. The fourth-order valence-corrected chi connectivity index (χ4v) is 5.08. The zero-order chi connectivity index (χ0) is 12.3. The molecule has 1 aromatic rings. The molecule has 2 unspecified atom stereocenters.